The van der Waals surface area contributed by atoms with Crippen LogP contribution in [-0.4, -0.2) is 32.4 Å². The fraction of sp³-hybridized carbons (Fsp3) is 0.0417. The van der Waals surface area contributed by atoms with Gasteiger partial charge in [-0.15, -0.1) is 0 Å². The van der Waals surface area contributed by atoms with E-state index in [0.717, 1.165) is 5.56 Å². The summed E-state index contributed by atoms with van der Waals surface area (Å²) in [5, 5.41) is 21.7. The Balaban J connectivity index is 1.64. The maximum atomic E-state index is 13.2. The summed E-state index contributed by atoms with van der Waals surface area (Å²) < 4.78 is 14.9. The van der Waals surface area contributed by atoms with E-state index in [1.165, 1.54) is 54.7 Å². The van der Waals surface area contributed by atoms with Crippen LogP contribution < -0.4 is 5.32 Å². The molecular formula is C24H17FN2O5. The van der Waals surface area contributed by atoms with Crippen molar-refractivity contribution in [2.24, 2.45) is 0 Å². The minimum atomic E-state index is -1.10. The highest BCUT2D eigenvalue weighted by atomic mass is 19.1. The molecule has 0 atom stereocenters. The molecule has 0 aliphatic rings. The number of ketones is 1. The van der Waals surface area contributed by atoms with Gasteiger partial charge in [0.25, 0.3) is 11.7 Å². The lowest BCUT2D eigenvalue weighted by molar-refractivity contribution is -0.112. The molecule has 0 aliphatic carbocycles. The zero-order valence-electron chi connectivity index (χ0n) is 16.6. The summed E-state index contributed by atoms with van der Waals surface area (Å²) in [5.41, 5.74) is 1.82. The van der Waals surface area contributed by atoms with E-state index in [0.29, 0.717) is 17.4 Å². The minimum Gasteiger partial charge on any atom is -0.508 e. The van der Waals surface area contributed by atoms with Crippen molar-refractivity contribution in [2.75, 3.05) is 5.32 Å². The molecule has 0 aliphatic heterocycles. The second kappa shape index (κ2) is 8.35. The molecule has 7 nitrogen and oxygen atoms in total. The van der Waals surface area contributed by atoms with Crippen molar-refractivity contribution < 1.29 is 29.0 Å². The number of anilines is 1. The predicted octanol–water partition coefficient (Wildman–Crippen LogP) is 4.05. The van der Waals surface area contributed by atoms with E-state index in [9.17, 15) is 23.9 Å². The largest absolute Gasteiger partial charge is 0.508 e. The lowest BCUT2D eigenvalue weighted by Crippen LogP contribution is -2.22. The number of carbonyl (C=O) groups is 3. The second-order valence-corrected chi connectivity index (χ2v) is 7.16. The van der Waals surface area contributed by atoms with Gasteiger partial charge in [0.15, 0.2) is 0 Å². The average Bonchev–Trinajstić information content (AvgIpc) is 3.12. The number of phenolic OH excluding ortho intramolecular Hbond substituents is 1. The smallest absolute Gasteiger partial charge is 0.335 e. The molecule has 0 unspecified atom stereocenters. The van der Waals surface area contributed by atoms with Gasteiger partial charge in [0, 0.05) is 29.3 Å². The van der Waals surface area contributed by atoms with Gasteiger partial charge >= 0.3 is 5.97 Å². The van der Waals surface area contributed by atoms with Crippen LogP contribution in [0.25, 0.3) is 10.9 Å². The van der Waals surface area contributed by atoms with Crippen LogP contribution in [0.5, 0.6) is 5.75 Å². The van der Waals surface area contributed by atoms with E-state index < -0.39 is 17.7 Å². The average molecular weight is 432 g/mol. The number of benzene rings is 3. The van der Waals surface area contributed by atoms with Crippen molar-refractivity contribution >= 4 is 34.3 Å². The molecular weight excluding hydrogens is 415 g/mol. The van der Waals surface area contributed by atoms with E-state index in [1.807, 2.05) is 0 Å². The highest BCUT2D eigenvalue weighted by Crippen LogP contribution is 2.27. The molecule has 0 saturated heterocycles. The lowest BCUT2D eigenvalue weighted by Gasteiger charge is -2.05. The third kappa shape index (κ3) is 4.20. The van der Waals surface area contributed by atoms with E-state index in [-0.39, 0.29) is 28.4 Å². The van der Waals surface area contributed by atoms with Crippen LogP contribution >= 0.6 is 0 Å². The standard InChI is InChI=1S/C24H17FN2O5/c25-16-5-1-14(2-6-16)12-27-13-20(19-11-18(28)9-10-21(19)27)22(29)23(30)26-17-7-3-15(4-8-17)24(31)32/h1-11,13,28H,12H2,(H,26,30)(H,31,32). The summed E-state index contributed by atoms with van der Waals surface area (Å²) in [4.78, 5) is 36.4. The third-order valence-corrected chi connectivity index (χ3v) is 4.97. The van der Waals surface area contributed by atoms with Crippen molar-refractivity contribution in [1.29, 1.82) is 0 Å². The Labute approximate surface area is 181 Å². The maximum Gasteiger partial charge on any atom is 0.335 e. The normalized spacial score (nSPS) is 10.8. The van der Waals surface area contributed by atoms with Gasteiger partial charge in [0.1, 0.15) is 11.6 Å². The first-order valence-corrected chi connectivity index (χ1v) is 9.57. The Morgan fingerprint density at radius 3 is 2.28 bits per heavy atom. The third-order valence-electron chi connectivity index (χ3n) is 4.97. The Kier molecular flexibility index (Phi) is 5.43. The first-order valence-electron chi connectivity index (χ1n) is 9.57. The molecule has 0 fully saturated rings. The fourth-order valence-corrected chi connectivity index (χ4v) is 3.39. The number of phenols is 1. The summed E-state index contributed by atoms with van der Waals surface area (Å²) in [6, 6.07) is 15.8. The topological polar surface area (TPSA) is 109 Å². The molecule has 4 rings (SSSR count). The van der Waals surface area contributed by atoms with E-state index in [2.05, 4.69) is 5.32 Å². The van der Waals surface area contributed by atoms with Gasteiger partial charge in [-0.2, -0.15) is 0 Å². The van der Waals surface area contributed by atoms with Crippen LogP contribution in [0.15, 0.2) is 72.9 Å². The molecule has 32 heavy (non-hydrogen) atoms. The van der Waals surface area contributed by atoms with Crippen molar-refractivity contribution in [1.82, 2.24) is 4.57 Å². The van der Waals surface area contributed by atoms with Gasteiger partial charge in [0.2, 0.25) is 0 Å². The Hall–Kier alpha value is -4.46. The molecule has 0 saturated carbocycles. The number of carboxylic acids is 1. The summed E-state index contributed by atoms with van der Waals surface area (Å²) in [6.07, 6.45) is 1.52. The van der Waals surface area contributed by atoms with Crippen LogP contribution in [-0.2, 0) is 11.3 Å². The number of fused-ring (bicyclic) bond motifs is 1. The summed E-state index contributed by atoms with van der Waals surface area (Å²) in [5.74, 6) is -3.25. The zero-order valence-corrected chi connectivity index (χ0v) is 16.6. The van der Waals surface area contributed by atoms with Gasteiger partial charge in [-0.1, -0.05) is 12.1 Å². The number of Topliss-reactive ketones (excluding diaryl/α,β-unsaturated/α-hetero) is 1. The van der Waals surface area contributed by atoms with Crippen LogP contribution in [0.3, 0.4) is 0 Å². The molecule has 1 aromatic heterocycles. The Morgan fingerprint density at radius 1 is 0.938 bits per heavy atom. The Morgan fingerprint density at radius 2 is 1.62 bits per heavy atom. The van der Waals surface area contributed by atoms with Crippen LogP contribution in [0, 0.1) is 5.82 Å². The molecule has 1 heterocycles. The molecule has 1 amide bonds. The zero-order chi connectivity index (χ0) is 22.8. The molecule has 3 aromatic carbocycles. The molecule has 0 spiro atoms. The predicted molar refractivity (Wildman–Crippen MR) is 115 cm³/mol. The van der Waals surface area contributed by atoms with Crippen LogP contribution in [0.1, 0.15) is 26.3 Å². The second-order valence-electron chi connectivity index (χ2n) is 7.16. The van der Waals surface area contributed by atoms with Crippen LogP contribution in [0.2, 0.25) is 0 Å². The number of hydrogen-bond donors (Lipinski definition) is 3. The van der Waals surface area contributed by atoms with Gasteiger partial charge in [-0.05, 0) is 60.2 Å². The highest BCUT2D eigenvalue weighted by Gasteiger charge is 2.22. The summed E-state index contributed by atoms with van der Waals surface area (Å²) in [6.45, 7) is 0.326. The minimum absolute atomic E-state index is 0.0497. The number of halogens is 1. The van der Waals surface area contributed by atoms with Gasteiger partial charge in [-0.25, -0.2) is 9.18 Å². The van der Waals surface area contributed by atoms with Crippen LogP contribution in [0.4, 0.5) is 10.1 Å². The number of rotatable bonds is 6. The summed E-state index contributed by atoms with van der Waals surface area (Å²) >= 11 is 0. The SMILES string of the molecule is O=C(Nc1ccc(C(=O)O)cc1)C(=O)c1cn(Cc2ccc(F)cc2)c2ccc(O)cc12. The van der Waals surface area contributed by atoms with Gasteiger partial charge < -0.3 is 20.1 Å². The molecule has 0 radical (unpaired) electrons. The first-order chi connectivity index (χ1) is 15.3. The van der Waals surface area contributed by atoms with Gasteiger partial charge in [0.05, 0.1) is 11.1 Å². The number of carbonyl (C=O) groups excluding carboxylic acids is 2. The molecule has 160 valence electrons. The maximum absolute atomic E-state index is 13.2. The van der Waals surface area contributed by atoms with Crippen molar-refractivity contribution in [2.45, 2.75) is 6.54 Å². The number of nitrogens with one attached hydrogen (secondary N) is 1. The number of nitrogens with zero attached hydrogens (tertiary/aromatic N) is 1. The molecule has 3 N–H and O–H groups in total. The molecule has 8 heteroatoms. The number of aromatic hydroxyl groups is 1. The number of carboxylic acid groups (broad SMARTS) is 1. The van der Waals surface area contributed by atoms with E-state index in [1.54, 1.807) is 22.8 Å². The van der Waals surface area contributed by atoms with E-state index in [4.69, 9.17) is 5.11 Å². The number of amides is 1. The van der Waals surface area contributed by atoms with Crippen molar-refractivity contribution in [3.05, 3.63) is 95.4 Å². The number of hydrogen-bond acceptors (Lipinski definition) is 4. The van der Waals surface area contributed by atoms with Crippen molar-refractivity contribution in [3.8, 4) is 5.75 Å². The molecule has 4 aromatic rings. The monoisotopic (exact) mass is 432 g/mol. The first kappa shape index (κ1) is 20.8. The highest BCUT2D eigenvalue weighted by molar-refractivity contribution is 6.48. The molecule has 0 bridgehead atoms. The number of aromatic carboxylic acids is 1. The number of aromatic nitrogens is 1. The summed E-state index contributed by atoms with van der Waals surface area (Å²) in [7, 11) is 0. The quantitative estimate of drug-likeness (QED) is 0.315. The Bertz CT molecular complexity index is 1340. The van der Waals surface area contributed by atoms with E-state index >= 15 is 0 Å². The van der Waals surface area contributed by atoms with Gasteiger partial charge in [-0.3, -0.25) is 9.59 Å². The fourth-order valence-electron chi connectivity index (χ4n) is 3.39. The van der Waals surface area contributed by atoms with Crippen molar-refractivity contribution in [3.63, 3.8) is 0 Å². The lowest BCUT2D eigenvalue weighted by atomic mass is 10.1.